The summed E-state index contributed by atoms with van der Waals surface area (Å²) in [6.07, 6.45) is -2.20. The van der Waals surface area contributed by atoms with Gasteiger partial charge < -0.3 is 18.9 Å². The van der Waals surface area contributed by atoms with Crippen LogP contribution in [-0.2, 0) is 28.5 Å². The van der Waals surface area contributed by atoms with Crippen LogP contribution in [0.4, 0.5) is 0 Å². The van der Waals surface area contributed by atoms with Crippen LogP contribution >= 0.6 is 0 Å². The SMILES string of the molecule is CCOC(=O)[C@@H]1OC(C)(C(C)(C)C)O[C@H]1C(=O)OCC. The Morgan fingerprint density at radius 1 is 1.00 bits per heavy atom. The summed E-state index contributed by atoms with van der Waals surface area (Å²) in [5.74, 6) is -2.29. The molecule has 1 fully saturated rings. The Morgan fingerprint density at radius 2 is 1.35 bits per heavy atom. The lowest BCUT2D eigenvalue weighted by molar-refractivity contribution is -0.227. The van der Waals surface area contributed by atoms with Crippen LogP contribution in [0.5, 0.6) is 0 Å². The fourth-order valence-corrected chi connectivity index (χ4v) is 1.78. The molecule has 1 rings (SSSR count). The first-order chi connectivity index (χ1) is 9.16. The molecule has 0 aromatic carbocycles. The van der Waals surface area contributed by atoms with Crippen LogP contribution in [0, 0.1) is 5.41 Å². The monoisotopic (exact) mass is 288 g/mol. The van der Waals surface area contributed by atoms with Gasteiger partial charge in [0.2, 0.25) is 0 Å². The van der Waals surface area contributed by atoms with E-state index in [4.69, 9.17) is 18.9 Å². The van der Waals surface area contributed by atoms with Gasteiger partial charge in [0.05, 0.1) is 13.2 Å². The van der Waals surface area contributed by atoms with Gasteiger partial charge >= 0.3 is 11.9 Å². The summed E-state index contributed by atoms with van der Waals surface area (Å²) in [7, 11) is 0. The lowest BCUT2D eigenvalue weighted by Gasteiger charge is -2.36. The van der Waals surface area contributed by atoms with Crippen molar-refractivity contribution in [3.05, 3.63) is 0 Å². The Balaban J connectivity index is 2.99. The van der Waals surface area contributed by atoms with Gasteiger partial charge in [-0.15, -0.1) is 0 Å². The van der Waals surface area contributed by atoms with Gasteiger partial charge in [-0.05, 0) is 20.8 Å². The minimum Gasteiger partial charge on any atom is -0.464 e. The molecule has 2 atom stereocenters. The quantitative estimate of drug-likeness (QED) is 0.733. The average Bonchev–Trinajstić information content (AvgIpc) is 2.69. The van der Waals surface area contributed by atoms with E-state index < -0.39 is 35.3 Å². The van der Waals surface area contributed by atoms with Crippen molar-refractivity contribution >= 4 is 11.9 Å². The van der Waals surface area contributed by atoms with Gasteiger partial charge in [-0.2, -0.15) is 0 Å². The molecular weight excluding hydrogens is 264 g/mol. The highest BCUT2D eigenvalue weighted by molar-refractivity contribution is 5.86. The van der Waals surface area contributed by atoms with Gasteiger partial charge in [-0.1, -0.05) is 20.8 Å². The van der Waals surface area contributed by atoms with E-state index in [0.29, 0.717) is 0 Å². The minimum atomic E-state index is -1.10. The van der Waals surface area contributed by atoms with Crippen LogP contribution in [-0.4, -0.2) is 43.1 Å². The molecule has 1 aliphatic heterocycles. The summed E-state index contributed by atoms with van der Waals surface area (Å²) in [4.78, 5) is 23.9. The molecule has 0 aromatic heterocycles. The molecule has 6 nitrogen and oxygen atoms in total. The van der Waals surface area contributed by atoms with Gasteiger partial charge in [-0.25, -0.2) is 9.59 Å². The van der Waals surface area contributed by atoms with E-state index in [2.05, 4.69) is 0 Å². The van der Waals surface area contributed by atoms with E-state index in [-0.39, 0.29) is 13.2 Å². The molecule has 116 valence electrons. The third-order valence-electron chi connectivity index (χ3n) is 3.38. The normalized spacial score (nSPS) is 25.3. The number of hydrogen-bond acceptors (Lipinski definition) is 6. The highest BCUT2D eigenvalue weighted by atomic mass is 16.8. The summed E-state index contributed by atoms with van der Waals surface area (Å²) < 4.78 is 21.3. The van der Waals surface area contributed by atoms with Crippen molar-refractivity contribution in [2.24, 2.45) is 5.41 Å². The molecule has 1 saturated heterocycles. The first-order valence-corrected chi connectivity index (χ1v) is 6.85. The molecule has 0 aromatic rings. The molecule has 0 aliphatic carbocycles. The summed E-state index contributed by atoms with van der Waals surface area (Å²) >= 11 is 0. The third-order valence-corrected chi connectivity index (χ3v) is 3.38. The van der Waals surface area contributed by atoms with Crippen LogP contribution in [0.25, 0.3) is 0 Å². The van der Waals surface area contributed by atoms with E-state index in [0.717, 1.165) is 0 Å². The van der Waals surface area contributed by atoms with Gasteiger partial charge in [0.25, 0.3) is 0 Å². The highest BCUT2D eigenvalue weighted by Crippen LogP contribution is 2.42. The smallest absolute Gasteiger partial charge is 0.338 e. The Morgan fingerprint density at radius 3 is 1.60 bits per heavy atom. The number of rotatable bonds is 4. The molecule has 1 heterocycles. The summed E-state index contributed by atoms with van der Waals surface area (Å²) in [5.41, 5.74) is -0.418. The molecule has 6 heteroatoms. The first kappa shape index (κ1) is 16.9. The van der Waals surface area contributed by atoms with Gasteiger partial charge in [-0.3, -0.25) is 0 Å². The van der Waals surface area contributed by atoms with Crippen molar-refractivity contribution in [1.82, 2.24) is 0 Å². The highest BCUT2D eigenvalue weighted by Gasteiger charge is 2.57. The van der Waals surface area contributed by atoms with Gasteiger partial charge in [0, 0.05) is 5.41 Å². The Kier molecular flexibility index (Phi) is 5.15. The van der Waals surface area contributed by atoms with Crippen LogP contribution < -0.4 is 0 Å². The molecule has 20 heavy (non-hydrogen) atoms. The maximum Gasteiger partial charge on any atom is 0.338 e. The lowest BCUT2D eigenvalue weighted by Crippen LogP contribution is -2.42. The van der Waals surface area contributed by atoms with Gasteiger partial charge in [0.15, 0.2) is 18.0 Å². The molecule has 0 radical (unpaired) electrons. The molecule has 0 spiro atoms. The van der Waals surface area contributed by atoms with Crippen LogP contribution in [0.15, 0.2) is 0 Å². The third kappa shape index (κ3) is 3.30. The summed E-state index contributed by atoms with van der Waals surface area (Å²) in [6, 6.07) is 0. The zero-order valence-corrected chi connectivity index (χ0v) is 13.0. The Bertz CT molecular complexity index is 344. The molecule has 0 N–H and O–H groups in total. The molecule has 0 saturated carbocycles. The second-order valence-electron chi connectivity index (χ2n) is 5.78. The number of carbonyl (C=O) groups excluding carboxylic acids is 2. The van der Waals surface area contributed by atoms with E-state index in [9.17, 15) is 9.59 Å². The summed E-state index contributed by atoms with van der Waals surface area (Å²) in [5, 5.41) is 0. The molecule has 1 aliphatic rings. The Hall–Kier alpha value is -1.14. The average molecular weight is 288 g/mol. The second kappa shape index (κ2) is 6.10. The zero-order chi connectivity index (χ0) is 15.6. The Labute approximate surface area is 119 Å². The van der Waals surface area contributed by atoms with Crippen LogP contribution in [0.3, 0.4) is 0 Å². The fraction of sp³-hybridized carbons (Fsp3) is 0.857. The molecule has 0 unspecified atom stereocenters. The number of hydrogen-bond donors (Lipinski definition) is 0. The lowest BCUT2D eigenvalue weighted by atomic mass is 9.87. The van der Waals surface area contributed by atoms with Crippen LogP contribution in [0.2, 0.25) is 0 Å². The second-order valence-corrected chi connectivity index (χ2v) is 5.78. The molecule has 0 amide bonds. The van der Waals surface area contributed by atoms with Gasteiger partial charge in [0.1, 0.15) is 0 Å². The van der Waals surface area contributed by atoms with Crippen molar-refractivity contribution in [2.45, 2.75) is 59.5 Å². The van der Waals surface area contributed by atoms with Crippen molar-refractivity contribution < 1.29 is 28.5 Å². The standard InChI is InChI=1S/C14H24O6/c1-7-17-11(15)9-10(12(16)18-8-2)20-14(6,19-9)13(3,4)5/h9-10H,7-8H2,1-6H3/t9-,10-/m1/s1. The van der Waals surface area contributed by atoms with E-state index in [1.54, 1.807) is 20.8 Å². The van der Waals surface area contributed by atoms with E-state index >= 15 is 0 Å². The fourth-order valence-electron chi connectivity index (χ4n) is 1.78. The van der Waals surface area contributed by atoms with Crippen molar-refractivity contribution in [1.29, 1.82) is 0 Å². The predicted molar refractivity (Wildman–Crippen MR) is 70.9 cm³/mol. The predicted octanol–water partition coefficient (Wildman–Crippen LogP) is 1.66. The molecule has 0 bridgehead atoms. The van der Waals surface area contributed by atoms with Crippen molar-refractivity contribution in [3.8, 4) is 0 Å². The zero-order valence-electron chi connectivity index (χ0n) is 13.0. The van der Waals surface area contributed by atoms with E-state index in [1.165, 1.54) is 0 Å². The first-order valence-electron chi connectivity index (χ1n) is 6.85. The van der Waals surface area contributed by atoms with Crippen molar-refractivity contribution in [3.63, 3.8) is 0 Å². The molecular formula is C14H24O6. The minimum absolute atomic E-state index is 0.209. The number of carbonyl (C=O) groups is 2. The van der Waals surface area contributed by atoms with Crippen molar-refractivity contribution in [2.75, 3.05) is 13.2 Å². The summed E-state index contributed by atoms with van der Waals surface area (Å²) in [6.45, 7) is 11.2. The topological polar surface area (TPSA) is 71.1 Å². The maximum atomic E-state index is 11.9. The number of esters is 2. The largest absolute Gasteiger partial charge is 0.464 e. The van der Waals surface area contributed by atoms with Crippen LogP contribution in [0.1, 0.15) is 41.5 Å². The maximum absolute atomic E-state index is 11.9. The number of ether oxygens (including phenoxy) is 4. The van der Waals surface area contributed by atoms with E-state index in [1.807, 2.05) is 20.8 Å².